The molecule has 10 rings (SSSR count). The molecular weight excluding hydrogens is 624 g/mol. The van der Waals surface area contributed by atoms with E-state index in [0.717, 1.165) is 79.2 Å². The number of ether oxygens (including phenoxy) is 2. The van der Waals surface area contributed by atoms with Crippen molar-refractivity contribution in [2.45, 2.75) is 81.3 Å². The number of carbonyl (C=O) groups is 2. The Bertz CT molecular complexity index is 2010. The van der Waals surface area contributed by atoms with Gasteiger partial charge in [-0.25, -0.2) is 9.59 Å². The number of esters is 2. The quantitative estimate of drug-likeness (QED) is 0.288. The first kappa shape index (κ1) is 30.7. The monoisotopic (exact) mass is 670 g/mol. The normalized spacial score (nSPS) is 37.1. The summed E-state index contributed by atoms with van der Waals surface area (Å²) in [5.41, 5.74) is 9.03. The molecule has 2 aromatic carbocycles. The molecule has 0 bridgehead atoms. The molecular formula is C42H46N4O4. The minimum absolute atomic E-state index is 0.134. The fraction of sp³-hybridized carbons (Fsp3) is 0.476. The van der Waals surface area contributed by atoms with Crippen LogP contribution in [0, 0.1) is 10.8 Å². The van der Waals surface area contributed by atoms with Gasteiger partial charge in [-0.1, -0.05) is 68.5 Å². The third-order valence-corrected chi connectivity index (χ3v) is 14.5. The van der Waals surface area contributed by atoms with Gasteiger partial charge in [0.1, 0.15) is 0 Å². The number of nitrogens with one attached hydrogen (secondary N) is 2. The molecule has 7 atom stereocenters. The Balaban J connectivity index is 1.13. The van der Waals surface area contributed by atoms with Crippen LogP contribution >= 0.6 is 0 Å². The molecule has 2 aromatic rings. The predicted octanol–water partition coefficient (Wildman–Crippen LogP) is 6.19. The number of benzene rings is 2. The second-order valence-corrected chi connectivity index (χ2v) is 16.0. The van der Waals surface area contributed by atoms with Gasteiger partial charge in [0, 0.05) is 65.3 Å². The molecule has 0 amide bonds. The van der Waals surface area contributed by atoms with Crippen molar-refractivity contribution in [3.63, 3.8) is 0 Å². The maximum absolute atomic E-state index is 13.7. The molecule has 50 heavy (non-hydrogen) atoms. The second-order valence-electron chi connectivity index (χ2n) is 16.0. The highest BCUT2D eigenvalue weighted by atomic mass is 16.5. The summed E-state index contributed by atoms with van der Waals surface area (Å²) in [6.45, 7) is 7.43. The number of fused-ring (bicyclic) bond motifs is 2. The first-order valence-corrected chi connectivity index (χ1v) is 18.6. The number of rotatable bonds is 5. The molecule has 8 nitrogen and oxygen atoms in total. The van der Waals surface area contributed by atoms with Crippen molar-refractivity contribution < 1.29 is 19.1 Å². The lowest BCUT2D eigenvalue weighted by Crippen LogP contribution is -2.63. The van der Waals surface area contributed by atoms with Crippen LogP contribution in [-0.2, 0) is 29.9 Å². The van der Waals surface area contributed by atoms with Gasteiger partial charge < -0.3 is 20.1 Å². The molecule has 2 saturated heterocycles. The third kappa shape index (κ3) is 3.45. The lowest BCUT2D eigenvalue weighted by molar-refractivity contribution is -0.137. The van der Waals surface area contributed by atoms with E-state index < -0.39 is 0 Å². The molecule has 8 heteroatoms. The first-order chi connectivity index (χ1) is 24.3. The van der Waals surface area contributed by atoms with Crippen LogP contribution in [0.15, 0.2) is 94.9 Å². The zero-order valence-corrected chi connectivity index (χ0v) is 29.5. The number of anilines is 2. The van der Waals surface area contributed by atoms with Crippen molar-refractivity contribution in [3.05, 3.63) is 106 Å². The van der Waals surface area contributed by atoms with Crippen molar-refractivity contribution in [2.75, 3.05) is 44.5 Å². The Labute approximate surface area is 294 Å². The van der Waals surface area contributed by atoms with Crippen LogP contribution in [0.4, 0.5) is 11.4 Å². The van der Waals surface area contributed by atoms with Crippen molar-refractivity contribution in [3.8, 4) is 0 Å². The highest BCUT2D eigenvalue weighted by Gasteiger charge is 2.69. The van der Waals surface area contributed by atoms with Gasteiger partial charge in [-0.3, -0.25) is 9.80 Å². The van der Waals surface area contributed by atoms with Crippen LogP contribution in [0.5, 0.6) is 0 Å². The maximum Gasteiger partial charge on any atom is 0.335 e. The molecule has 6 heterocycles. The summed E-state index contributed by atoms with van der Waals surface area (Å²) < 4.78 is 10.9. The van der Waals surface area contributed by atoms with E-state index >= 15 is 0 Å². The summed E-state index contributed by atoms with van der Waals surface area (Å²) in [6.07, 6.45) is 12.7. The van der Waals surface area contributed by atoms with E-state index in [1.54, 1.807) is 0 Å². The van der Waals surface area contributed by atoms with E-state index in [4.69, 9.17) is 9.47 Å². The summed E-state index contributed by atoms with van der Waals surface area (Å²) in [4.78, 5) is 32.7. The number of hydrogen-bond acceptors (Lipinski definition) is 8. The Kier molecular flexibility index (Phi) is 6.27. The van der Waals surface area contributed by atoms with Crippen LogP contribution in [0.2, 0.25) is 0 Å². The molecule has 2 fully saturated rings. The van der Waals surface area contributed by atoms with Crippen LogP contribution in [0.3, 0.4) is 0 Å². The lowest BCUT2D eigenvalue weighted by atomic mass is 9.53. The van der Waals surface area contributed by atoms with Crippen molar-refractivity contribution in [1.82, 2.24) is 9.80 Å². The van der Waals surface area contributed by atoms with E-state index in [1.165, 1.54) is 30.9 Å². The summed E-state index contributed by atoms with van der Waals surface area (Å²) in [7, 11) is 3.02. The van der Waals surface area contributed by atoms with Crippen molar-refractivity contribution in [2.24, 2.45) is 10.8 Å². The minimum atomic E-state index is -0.310. The van der Waals surface area contributed by atoms with E-state index in [0.29, 0.717) is 12.8 Å². The Morgan fingerprint density at radius 1 is 0.780 bits per heavy atom. The SMILES string of the molecule is CC[C@@]12C=C([C@H]3C=C[C@@]4(CC)CC(C(=O)OC)=C5Nc6ccccc6[C@@]56CCN3[C@@H]46)CN3CC[C@]4(C(=C(C(=O)OC)C1)Nc1ccccc14)[C@@H]32. The van der Waals surface area contributed by atoms with E-state index in [2.05, 4.69) is 101 Å². The molecule has 6 aliphatic heterocycles. The highest BCUT2D eigenvalue weighted by molar-refractivity contribution is 5.94. The smallest absolute Gasteiger partial charge is 0.335 e. The van der Waals surface area contributed by atoms with Crippen LogP contribution in [0.25, 0.3) is 0 Å². The standard InChI is InChI=1S/C42H46N4O4/c1-5-39-16-15-32(46-20-18-42(38(39)46)29-12-8-10-14-31(29)44-34(42)26(22-39)35(47)49-3)25-21-40(6-2)23-27(36(48)50-4)33-41(17-19-45(24-25)37(40)41)28-11-7-9-13-30(28)43-33/h7-16,21,32,37-38,43-44H,5-6,17-20,22-24H2,1-4H3/t32-,37+,38+,39+,40-,41+,42+/m1/s1. The molecule has 0 saturated carbocycles. The van der Waals surface area contributed by atoms with Gasteiger partial charge in [-0.2, -0.15) is 0 Å². The van der Waals surface area contributed by atoms with Crippen LogP contribution in [0.1, 0.15) is 63.5 Å². The molecule has 0 unspecified atom stereocenters. The zero-order chi connectivity index (χ0) is 34.2. The summed E-state index contributed by atoms with van der Waals surface area (Å²) in [5.74, 6) is -0.435. The molecule has 0 aromatic heterocycles. The number of methoxy groups -OCH3 is 2. The van der Waals surface area contributed by atoms with Crippen molar-refractivity contribution >= 4 is 23.3 Å². The number of carbonyl (C=O) groups excluding carboxylic acids is 2. The fourth-order valence-corrected chi connectivity index (χ4v) is 12.7. The number of hydrogen-bond donors (Lipinski definition) is 2. The highest BCUT2D eigenvalue weighted by Crippen LogP contribution is 2.67. The molecule has 2 N–H and O–H groups in total. The van der Waals surface area contributed by atoms with Crippen molar-refractivity contribution in [1.29, 1.82) is 0 Å². The van der Waals surface area contributed by atoms with Gasteiger partial charge in [-0.05, 0) is 67.4 Å². The predicted molar refractivity (Wildman–Crippen MR) is 192 cm³/mol. The Morgan fingerprint density at radius 2 is 1.34 bits per heavy atom. The van der Waals surface area contributed by atoms with Crippen LogP contribution < -0.4 is 10.6 Å². The average Bonchev–Trinajstić information content (AvgIpc) is 3.93. The second kappa shape index (κ2) is 10.2. The Hall–Kier alpha value is -4.14. The average molecular weight is 671 g/mol. The molecule has 2 aliphatic carbocycles. The fourth-order valence-electron chi connectivity index (χ4n) is 12.7. The van der Waals surface area contributed by atoms with Gasteiger partial charge in [0.15, 0.2) is 0 Å². The van der Waals surface area contributed by atoms with Gasteiger partial charge >= 0.3 is 11.9 Å². The largest absolute Gasteiger partial charge is 0.466 e. The zero-order valence-electron chi connectivity index (χ0n) is 29.5. The first-order valence-electron chi connectivity index (χ1n) is 18.6. The Morgan fingerprint density at radius 3 is 1.94 bits per heavy atom. The van der Waals surface area contributed by atoms with Gasteiger partial charge in [-0.15, -0.1) is 0 Å². The number of nitrogens with zero attached hydrogens (tertiary/aromatic N) is 2. The van der Waals surface area contributed by atoms with Gasteiger partial charge in [0.25, 0.3) is 0 Å². The van der Waals surface area contributed by atoms with Gasteiger partial charge in [0.2, 0.25) is 0 Å². The topological polar surface area (TPSA) is 83.1 Å². The molecule has 258 valence electrons. The van der Waals surface area contributed by atoms with Gasteiger partial charge in [0.05, 0.1) is 42.2 Å². The third-order valence-electron chi connectivity index (χ3n) is 14.5. The molecule has 0 radical (unpaired) electrons. The summed E-state index contributed by atoms with van der Waals surface area (Å²) in [5, 5.41) is 7.51. The molecule has 2 spiro atoms. The van der Waals surface area contributed by atoms with E-state index in [1.807, 2.05) is 0 Å². The van der Waals surface area contributed by atoms with Crippen LogP contribution in [-0.4, -0.2) is 73.7 Å². The lowest BCUT2D eigenvalue weighted by Gasteiger charge is -2.58. The number of para-hydroxylation sites is 2. The minimum Gasteiger partial charge on any atom is -0.466 e. The summed E-state index contributed by atoms with van der Waals surface area (Å²) in [6, 6.07) is 17.9. The maximum atomic E-state index is 13.7. The molecule has 8 aliphatic rings. The van der Waals surface area contributed by atoms with E-state index in [-0.39, 0.29) is 51.7 Å². The van der Waals surface area contributed by atoms with E-state index in [9.17, 15) is 9.59 Å². The summed E-state index contributed by atoms with van der Waals surface area (Å²) >= 11 is 0.